The molecule has 1 aliphatic heterocycles. The van der Waals surface area contributed by atoms with Crippen molar-refractivity contribution in [3.63, 3.8) is 0 Å². The van der Waals surface area contributed by atoms with E-state index in [9.17, 15) is 0 Å². The van der Waals surface area contributed by atoms with E-state index < -0.39 is 0 Å². The molecule has 0 aromatic carbocycles. The fraction of sp³-hybridized carbons (Fsp3) is 0.750. The summed E-state index contributed by atoms with van der Waals surface area (Å²) < 4.78 is 0. The Hall–Kier alpha value is -0.590. The zero-order valence-electron chi connectivity index (χ0n) is 6.66. The second-order valence-electron chi connectivity index (χ2n) is 2.76. The molecule has 0 spiro atoms. The van der Waals surface area contributed by atoms with Crippen LogP contribution in [-0.2, 0) is 0 Å². The molecule has 2 radical (unpaired) electrons. The van der Waals surface area contributed by atoms with E-state index in [0.717, 1.165) is 32.7 Å². The highest BCUT2D eigenvalue weighted by molar-refractivity contribution is 4.73. The third kappa shape index (κ3) is 2.87. The van der Waals surface area contributed by atoms with Crippen molar-refractivity contribution in [3.8, 4) is 0 Å². The van der Waals surface area contributed by atoms with E-state index in [0.29, 0.717) is 6.54 Å². The minimum absolute atomic E-state index is 0.616. The lowest BCUT2D eigenvalue weighted by Gasteiger charge is -2.30. The molecular weight excluding hydrogens is 138 g/mol. The number of piperazine rings is 1. The zero-order valence-corrected chi connectivity index (χ0v) is 6.66. The lowest BCUT2D eigenvalue weighted by Crippen LogP contribution is -2.44. The van der Waals surface area contributed by atoms with Gasteiger partial charge in [-0.25, -0.2) is 6.57 Å². The van der Waals surface area contributed by atoms with Gasteiger partial charge >= 0.3 is 0 Å². The van der Waals surface area contributed by atoms with Gasteiger partial charge in [0, 0.05) is 33.2 Å². The van der Waals surface area contributed by atoms with Crippen molar-refractivity contribution in [2.45, 2.75) is 0 Å². The fourth-order valence-corrected chi connectivity index (χ4v) is 1.18. The minimum atomic E-state index is 0.616. The van der Waals surface area contributed by atoms with Crippen LogP contribution < -0.4 is 0 Å². The van der Waals surface area contributed by atoms with E-state index in [1.54, 1.807) is 0 Å². The second-order valence-corrected chi connectivity index (χ2v) is 2.76. The summed E-state index contributed by atoms with van der Waals surface area (Å²) >= 11 is 0. The molecule has 3 heteroatoms. The minimum Gasteiger partial charge on any atom is -0.316 e. The Balaban J connectivity index is 2.13. The van der Waals surface area contributed by atoms with Gasteiger partial charge in [-0.15, -0.1) is 0 Å². The lowest BCUT2D eigenvalue weighted by atomic mass is 10.3. The molecule has 0 bridgehead atoms. The molecule has 1 fully saturated rings. The van der Waals surface area contributed by atoms with Gasteiger partial charge in [0.2, 0.25) is 6.54 Å². The first kappa shape index (κ1) is 8.51. The molecule has 0 aromatic heterocycles. The van der Waals surface area contributed by atoms with Crippen LogP contribution in [0.1, 0.15) is 0 Å². The molecule has 0 saturated carbocycles. The Morgan fingerprint density at radius 1 is 1.27 bits per heavy atom. The molecule has 1 rings (SSSR count). The Kier molecular flexibility index (Phi) is 3.34. The largest absolute Gasteiger partial charge is 0.316 e. The Bertz CT molecular complexity index is 142. The Morgan fingerprint density at radius 2 is 1.91 bits per heavy atom. The van der Waals surface area contributed by atoms with Crippen molar-refractivity contribution >= 4 is 0 Å². The predicted octanol–water partition coefficient (Wildman–Crippen LogP) is 0.192. The number of hydrogen-bond acceptors (Lipinski definition) is 2. The topological polar surface area (TPSA) is 10.8 Å². The van der Waals surface area contributed by atoms with Crippen molar-refractivity contribution in [1.29, 1.82) is 0 Å². The first-order valence-corrected chi connectivity index (χ1v) is 3.88. The van der Waals surface area contributed by atoms with Gasteiger partial charge in [-0.2, -0.15) is 0 Å². The molecule has 1 saturated heterocycles. The number of rotatable bonds is 2. The average Bonchev–Trinajstić information content (AvgIpc) is 2.04. The molecule has 0 aromatic rings. The molecule has 0 aliphatic carbocycles. The molecule has 0 N–H and O–H groups in total. The summed E-state index contributed by atoms with van der Waals surface area (Å²) in [5.41, 5.74) is 0. The van der Waals surface area contributed by atoms with E-state index in [2.05, 4.69) is 9.74 Å². The monoisotopic (exact) mass is 151 g/mol. The molecule has 1 aliphatic rings. The van der Waals surface area contributed by atoms with Crippen LogP contribution in [0.25, 0.3) is 4.85 Å². The summed E-state index contributed by atoms with van der Waals surface area (Å²) in [4.78, 5) is 7.42. The third-order valence-corrected chi connectivity index (χ3v) is 1.93. The van der Waals surface area contributed by atoms with Gasteiger partial charge in [0.05, 0.1) is 6.54 Å². The standard InChI is InChI=1S/C8H13N3/c1-9-3-4-11-7-5-10(2)6-8-11/h2H,3-8H2. The second kappa shape index (κ2) is 4.32. The summed E-state index contributed by atoms with van der Waals surface area (Å²) in [6.45, 7) is 12.0. The SMILES string of the molecule is [C-]#[N+]CCN1CCN([CH])CC1. The maximum Gasteiger partial charge on any atom is 0.227 e. The molecule has 60 valence electrons. The van der Waals surface area contributed by atoms with E-state index in [4.69, 9.17) is 13.6 Å². The molecule has 3 nitrogen and oxygen atoms in total. The van der Waals surface area contributed by atoms with E-state index in [1.165, 1.54) is 0 Å². The van der Waals surface area contributed by atoms with Crippen LogP contribution in [0.5, 0.6) is 0 Å². The molecule has 11 heavy (non-hydrogen) atoms. The van der Waals surface area contributed by atoms with Crippen molar-refractivity contribution < 1.29 is 0 Å². The van der Waals surface area contributed by atoms with Crippen LogP contribution in [0.3, 0.4) is 0 Å². The Labute approximate surface area is 68.4 Å². The molecule has 1 heterocycles. The normalized spacial score (nSPS) is 21.5. The van der Waals surface area contributed by atoms with Crippen molar-refractivity contribution in [1.82, 2.24) is 9.80 Å². The van der Waals surface area contributed by atoms with Crippen LogP contribution in [0.15, 0.2) is 0 Å². The fourth-order valence-electron chi connectivity index (χ4n) is 1.18. The molecule has 0 unspecified atom stereocenters. The quantitative estimate of drug-likeness (QED) is 0.522. The van der Waals surface area contributed by atoms with Gasteiger partial charge in [0.15, 0.2) is 0 Å². The Morgan fingerprint density at radius 3 is 2.45 bits per heavy atom. The van der Waals surface area contributed by atoms with E-state index >= 15 is 0 Å². The maximum atomic E-state index is 6.62. The average molecular weight is 151 g/mol. The zero-order chi connectivity index (χ0) is 8.10. The van der Waals surface area contributed by atoms with E-state index in [-0.39, 0.29) is 0 Å². The summed E-state index contributed by atoms with van der Waals surface area (Å²) in [7, 11) is 5.57. The van der Waals surface area contributed by atoms with Gasteiger partial charge in [0.25, 0.3) is 0 Å². The summed E-state index contributed by atoms with van der Waals surface area (Å²) in [5, 5.41) is 0. The summed E-state index contributed by atoms with van der Waals surface area (Å²) in [6, 6.07) is 0. The summed E-state index contributed by atoms with van der Waals surface area (Å²) in [5.74, 6) is 0. The van der Waals surface area contributed by atoms with Gasteiger partial charge in [0.1, 0.15) is 0 Å². The highest BCUT2D eigenvalue weighted by Crippen LogP contribution is 1.98. The van der Waals surface area contributed by atoms with Crippen LogP contribution in [0.2, 0.25) is 0 Å². The van der Waals surface area contributed by atoms with Crippen LogP contribution >= 0.6 is 0 Å². The molecule has 0 atom stereocenters. The summed E-state index contributed by atoms with van der Waals surface area (Å²) in [6.07, 6.45) is 0. The highest BCUT2D eigenvalue weighted by Gasteiger charge is 2.13. The van der Waals surface area contributed by atoms with Crippen molar-refractivity contribution in [3.05, 3.63) is 18.5 Å². The maximum absolute atomic E-state index is 6.62. The molecular formula is C8H13N3. The van der Waals surface area contributed by atoms with Crippen molar-refractivity contribution in [2.24, 2.45) is 0 Å². The van der Waals surface area contributed by atoms with Crippen molar-refractivity contribution in [2.75, 3.05) is 39.3 Å². The first-order valence-electron chi connectivity index (χ1n) is 3.88. The van der Waals surface area contributed by atoms with E-state index in [1.807, 2.05) is 4.90 Å². The van der Waals surface area contributed by atoms with Gasteiger partial charge in [-0.1, -0.05) is 0 Å². The van der Waals surface area contributed by atoms with Crippen LogP contribution in [-0.4, -0.2) is 49.1 Å². The number of hydrogen-bond donors (Lipinski definition) is 0. The lowest BCUT2D eigenvalue weighted by molar-refractivity contribution is 0.172. The van der Waals surface area contributed by atoms with Gasteiger partial charge in [-0.3, -0.25) is 9.80 Å². The molecule has 0 amide bonds. The van der Waals surface area contributed by atoms with Gasteiger partial charge < -0.3 is 4.85 Å². The smallest absolute Gasteiger partial charge is 0.227 e. The highest BCUT2D eigenvalue weighted by atomic mass is 15.2. The van der Waals surface area contributed by atoms with Crippen LogP contribution in [0, 0.1) is 13.6 Å². The van der Waals surface area contributed by atoms with Crippen LogP contribution in [0.4, 0.5) is 0 Å². The number of nitrogens with zero attached hydrogens (tertiary/aromatic N) is 3. The first-order chi connectivity index (χ1) is 5.33. The van der Waals surface area contributed by atoms with Gasteiger partial charge in [-0.05, 0) is 0 Å². The third-order valence-electron chi connectivity index (χ3n) is 1.93. The predicted molar refractivity (Wildman–Crippen MR) is 43.8 cm³/mol.